The SMILES string of the molecule is COc1ccccc1C(=O)NC(C(=O)NC1CNCCC1C)C(C)C. The highest BCUT2D eigenvalue weighted by molar-refractivity contribution is 5.99. The number of piperidine rings is 1. The van der Waals surface area contributed by atoms with E-state index in [4.69, 9.17) is 4.74 Å². The number of ether oxygens (including phenoxy) is 1. The highest BCUT2D eigenvalue weighted by Gasteiger charge is 2.29. The van der Waals surface area contributed by atoms with Crippen molar-refractivity contribution in [2.75, 3.05) is 20.2 Å². The maximum atomic E-state index is 12.7. The van der Waals surface area contributed by atoms with Crippen LogP contribution >= 0.6 is 0 Å². The molecule has 0 aliphatic carbocycles. The zero-order valence-corrected chi connectivity index (χ0v) is 15.5. The van der Waals surface area contributed by atoms with Gasteiger partial charge in [-0.2, -0.15) is 0 Å². The standard InChI is InChI=1S/C19H29N3O3/c1-12(2)17(19(24)21-15-11-20-10-9-13(15)3)22-18(23)14-7-5-6-8-16(14)25-4/h5-8,12-13,15,17,20H,9-11H2,1-4H3,(H,21,24)(H,22,23). The quantitative estimate of drug-likeness (QED) is 0.730. The van der Waals surface area contributed by atoms with Gasteiger partial charge in [0.2, 0.25) is 5.91 Å². The van der Waals surface area contributed by atoms with E-state index in [0.717, 1.165) is 19.5 Å². The fraction of sp³-hybridized carbons (Fsp3) is 0.579. The molecule has 1 heterocycles. The predicted molar refractivity (Wildman–Crippen MR) is 97.7 cm³/mol. The lowest BCUT2D eigenvalue weighted by Gasteiger charge is -2.32. The number of carbonyl (C=O) groups excluding carboxylic acids is 2. The van der Waals surface area contributed by atoms with Crippen LogP contribution in [0.15, 0.2) is 24.3 Å². The highest BCUT2D eigenvalue weighted by Crippen LogP contribution is 2.18. The summed E-state index contributed by atoms with van der Waals surface area (Å²) in [6.45, 7) is 7.73. The molecule has 1 aliphatic heterocycles. The molecule has 6 nitrogen and oxygen atoms in total. The molecule has 0 spiro atoms. The molecule has 0 bridgehead atoms. The second-order valence-electron chi connectivity index (χ2n) is 6.98. The van der Waals surface area contributed by atoms with Crippen molar-refractivity contribution in [3.8, 4) is 5.75 Å². The Morgan fingerprint density at radius 2 is 2.00 bits per heavy atom. The van der Waals surface area contributed by atoms with Crippen LogP contribution in [0.4, 0.5) is 0 Å². The molecule has 3 atom stereocenters. The van der Waals surface area contributed by atoms with E-state index in [1.165, 1.54) is 7.11 Å². The van der Waals surface area contributed by atoms with E-state index in [9.17, 15) is 9.59 Å². The molecule has 2 rings (SSSR count). The summed E-state index contributed by atoms with van der Waals surface area (Å²) in [5, 5.41) is 9.25. The van der Waals surface area contributed by atoms with Crippen molar-refractivity contribution in [2.45, 2.75) is 39.3 Å². The normalized spacial score (nSPS) is 21.5. The number of hydrogen-bond acceptors (Lipinski definition) is 4. The second kappa shape index (κ2) is 8.85. The largest absolute Gasteiger partial charge is 0.496 e. The van der Waals surface area contributed by atoms with E-state index >= 15 is 0 Å². The first kappa shape index (κ1) is 19.2. The van der Waals surface area contributed by atoms with Gasteiger partial charge in [-0.3, -0.25) is 9.59 Å². The number of para-hydroxylation sites is 1. The van der Waals surface area contributed by atoms with Gasteiger partial charge in [-0.1, -0.05) is 32.9 Å². The summed E-state index contributed by atoms with van der Waals surface area (Å²) in [5.74, 6) is 0.446. The average molecular weight is 347 g/mol. The molecular formula is C19H29N3O3. The van der Waals surface area contributed by atoms with Crippen LogP contribution < -0.4 is 20.7 Å². The lowest BCUT2D eigenvalue weighted by molar-refractivity contribution is -0.125. The van der Waals surface area contributed by atoms with Crippen LogP contribution in [0.5, 0.6) is 5.75 Å². The lowest BCUT2D eigenvalue weighted by atomic mass is 9.93. The maximum absolute atomic E-state index is 12.7. The van der Waals surface area contributed by atoms with Gasteiger partial charge >= 0.3 is 0 Å². The summed E-state index contributed by atoms with van der Waals surface area (Å²) >= 11 is 0. The van der Waals surface area contributed by atoms with Crippen LogP contribution in [-0.4, -0.2) is 44.1 Å². The van der Waals surface area contributed by atoms with Crippen molar-refractivity contribution in [2.24, 2.45) is 11.8 Å². The van der Waals surface area contributed by atoms with Gasteiger partial charge in [-0.05, 0) is 36.9 Å². The first-order chi connectivity index (χ1) is 11.9. The fourth-order valence-corrected chi connectivity index (χ4v) is 3.04. The van der Waals surface area contributed by atoms with Crippen LogP contribution in [0, 0.1) is 11.8 Å². The zero-order valence-electron chi connectivity index (χ0n) is 15.5. The summed E-state index contributed by atoms with van der Waals surface area (Å²) < 4.78 is 5.23. The van der Waals surface area contributed by atoms with Crippen LogP contribution in [0.25, 0.3) is 0 Å². The summed E-state index contributed by atoms with van der Waals surface area (Å²) in [5.41, 5.74) is 0.427. The number of methoxy groups -OCH3 is 1. The van der Waals surface area contributed by atoms with E-state index in [0.29, 0.717) is 17.2 Å². The topological polar surface area (TPSA) is 79.5 Å². The van der Waals surface area contributed by atoms with E-state index < -0.39 is 6.04 Å². The highest BCUT2D eigenvalue weighted by atomic mass is 16.5. The van der Waals surface area contributed by atoms with Crippen LogP contribution in [0.1, 0.15) is 37.6 Å². The third-order valence-electron chi connectivity index (χ3n) is 4.74. The molecule has 0 saturated carbocycles. The summed E-state index contributed by atoms with van der Waals surface area (Å²) in [7, 11) is 1.52. The van der Waals surface area contributed by atoms with Gasteiger partial charge < -0.3 is 20.7 Å². The van der Waals surface area contributed by atoms with E-state index in [1.807, 2.05) is 13.8 Å². The molecule has 1 saturated heterocycles. The van der Waals surface area contributed by atoms with Gasteiger partial charge in [0.15, 0.2) is 0 Å². The molecule has 0 radical (unpaired) electrons. The summed E-state index contributed by atoms with van der Waals surface area (Å²) in [6.07, 6.45) is 1.03. The molecule has 6 heteroatoms. The first-order valence-electron chi connectivity index (χ1n) is 8.89. The zero-order chi connectivity index (χ0) is 18.4. The Morgan fingerprint density at radius 1 is 1.28 bits per heavy atom. The third kappa shape index (κ3) is 4.95. The smallest absolute Gasteiger partial charge is 0.255 e. The Hall–Kier alpha value is -2.08. The second-order valence-corrected chi connectivity index (χ2v) is 6.98. The molecule has 1 aromatic rings. The van der Waals surface area contributed by atoms with Crippen molar-refractivity contribution >= 4 is 11.8 Å². The van der Waals surface area contributed by atoms with Crippen molar-refractivity contribution in [1.29, 1.82) is 0 Å². The number of rotatable bonds is 6. The Bertz CT molecular complexity index is 603. The van der Waals surface area contributed by atoms with Gasteiger partial charge in [-0.15, -0.1) is 0 Å². The minimum absolute atomic E-state index is 0.0227. The van der Waals surface area contributed by atoms with Crippen LogP contribution in [0.2, 0.25) is 0 Å². The molecule has 1 aliphatic rings. The lowest BCUT2D eigenvalue weighted by Crippen LogP contribution is -2.56. The fourth-order valence-electron chi connectivity index (χ4n) is 3.04. The predicted octanol–water partition coefficient (Wildman–Crippen LogP) is 1.56. The Kier molecular flexibility index (Phi) is 6.82. The molecule has 0 aromatic heterocycles. The Morgan fingerprint density at radius 3 is 2.64 bits per heavy atom. The Balaban J connectivity index is 2.07. The number of amides is 2. The number of carbonyl (C=O) groups is 2. The number of hydrogen-bond donors (Lipinski definition) is 3. The van der Waals surface area contributed by atoms with Crippen LogP contribution in [0.3, 0.4) is 0 Å². The molecule has 3 unspecified atom stereocenters. The molecule has 1 aromatic carbocycles. The van der Waals surface area contributed by atoms with Gasteiger partial charge in [0.1, 0.15) is 11.8 Å². The molecule has 25 heavy (non-hydrogen) atoms. The molecular weight excluding hydrogens is 318 g/mol. The molecule has 2 amide bonds. The third-order valence-corrected chi connectivity index (χ3v) is 4.74. The van der Waals surface area contributed by atoms with Gasteiger partial charge in [0.05, 0.1) is 12.7 Å². The van der Waals surface area contributed by atoms with Crippen molar-refractivity contribution in [3.63, 3.8) is 0 Å². The molecule has 138 valence electrons. The maximum Gasteiger partial charge on any atom is 0.255 e. The first-order valence-corrected chi connectivity index (χ1v) is 8.89. The minimum atomic E-state index is -0.591. The Labute approximate surface area is 149 Å². The van der Waals surface area contributed by atoms with Crippen molar-refractivity contribution in [1.82, 2.24) is 16.0 Å². The van der Waals surface area contributed by atoms with Crippen molar-refractivity contribution < 1.29 is 14.3 Å². The van der Waals surface area contributed by atoms with Gasteiger partial charge in [0, 0.05) is 12.6 Å². The van der Waals surface area contributed by atoms with E-state index in [-0.39, 0.29) is 23.8 Å². The summed E-state index contributed by atoms with van der Waals surface area (Å²) in [4.78, 5) is 25.4. The summed E-state index contributed by atoms with van der Waals surface area (Å²) in [6, 6.07) is 6.50. The average Bonchev–Trinajstić information content (AvgIpc) is 2.60. The van der Waals surface area contributed by atoms with Gasteiger partial charge in [-0.25, -0.2) is 0 Å². The van der Waals surface area contributed by atoms with Crippen LogP contribution in [-0.2, 0) is 4.79 Å². The minimum Gasteiger partial charge on any atom is -0.496 e. The van der Waals surface area contributed by atoms with Crippen molar-refractivity contribution in [3.05, 3.63) is 29.8 Å². The monoisotopic (exact) mass is 347 g/mol. The molecule has 1 fully saturated rings. The van der Waals surface area contributed by atoms with Gasteiger partial charge in [0.25, 0.3) is 5.91 Å². The number of nitrogens with one attached hydrogen (secondary N) is 3. The molecule has 3 N–H and O–H groups in total. The number of benzene rings is 1. The van der Waals surface area contributed by atoms with E-state index in [2.05, 4.69) is 22.9 Å². The van der Waals surface area contributed by atoms with E-state index in [1.54, 1.807) is 24.3 Å².